The zero-order valence-corrected chi connectivity index (χ0v) is 15.1. The number of hydrogen-bond donors (Lipinski definition) is 0. The molecule has 1 aromatic heterocycles. The van der Waals surface area contributed by atoms with Crippen molar-refractivity contribution < 1.29 is 22.7 Å². The third-order valence-electron chi connectivity index (χ3n) is 4.67. The summed E-state index contributed by atoms with van der Waals surface area (Å²) in [4.78, 5) is 28.5. The molecule has 27 heavy (non-hydrogen) atoms. The first-order valence-electron chi connectivity index (χ1n) is 8.53. The van der Waals surface area contributed by atoms with E-state index in [9.17, 15) is 18.0 Å². The number of carbonyl (C=O) groups excluding carboxylic acids is 2. The minimum absolute atomic E-state index is 0.103. The lowest BCUT2D eigenvalue weighted by Crippen LogP contribution is -2.49. The average Bonchev–Trinajstić information content (AvgIpc) is 3.25. The maximum atomic E-state index is 13.2. The van der Waals surface area contributed by atoms with Crippen molar-refractivity contribution in [1.29, 1.82) is 0 Å². The molecule has 0 unspecified atom stereocenters. The summed E-state index contributed by atoms with van der Waals surface area (Å²) < 4.78 is 33.9. The molecule has 1 amide bonds. The minimum Gasteiger partial charge on any atom is -0.490 e. The zero-order valence-electron chi connectivity index (χ0n) is 14.3. The van der Waals surface area contributed by atoms with Gasteiger partial charge in [0.15, 0.2) is 0 Å². The third kappa shape index (κ3) is 2.98. The molecule has 0 saturated carbocycles. The Morgan fingerprint density at radius 1 is 1.15 bits per heavy atom. The van der Waals surface area contributed by atoms with Crippen LogP contribution in [0.5, 0.6) is 5.75 Å². The van der Waals surface area contributed by atoms with E-state index in [1.807, 2.05) is 0 Å². The number of pyridine rings is 1. The van der Waals surface area contributed by atoms with E-state index in [1.165, 1.54) is 16.4 Å². The average molecular weight is 387 g/mol. The van der Waals surface area contributed by atoms with Gasteiger partial charge in [-0.05, 0) is 37.1 Å². The van der Waals surface area contributed by atoms with Crippen molar-refractivity contribution >= 4 is 27.6 Å². The van der Waals surface area contributed by atoms with Crippen LogP contribution in [0.3, 0.4) is 0 Å². The smallest absolute Gasteiger partial charge is 0.314 e. The number of carbonyl (C=O) groups is 2. The van der Waals surface area contributed by atoms with Crippen molar-refractivity contribution in [3.8, 4) is 5.75 Å². The Balaban J connectivity index is 1.59. The fourth-order valence-corrected chi connectivity index (χ4v) is 5.21. The van der Waals surface area contributed by atoms with Gasteiger partial charge in [0.05, 0.1) is 23.5 Å². The second-order valence-corrected chi connectivity index (χ2v) is 8.06. The highest BCUT2D eigenvalue weighted by Gasteiger charge is 2.48. The van der Waals surface area contributed by atoms with Crippen LogP contribution in [0.4, 0.5) is 5.69 Å². The summed E-state index contributed by atoms with van der Waals surface area (Å²) in [5.41, 5.74) is 0.208. The number of hydrogen-bond acceptors (Lipinski definition) is 6. The van der Waals surface area contributed by atoms with E-state index in [1.54, 1.807) is 36.7 Å². The Bertz CT molecular complexity index is 993. The highest BCUT2D eigenvalue weighted by atomic mass is 32.2. The number of amides is 1. The normalized spacial score (nSPS) is 20.1. The summed E-state index contributed by atoms with van der Waals surface area (Å²) >= 11 is 0. The maximum absolute atomic E-state index is 13.2. The van der Waals surface area contributed by atoms with E-state index >= 15 is 0 Å². The zero-order chi connectivity index (χ0) is 19.0. The number of nitrogens with zero attached hydrogens (tertiary/aromatic N) is 3. The van der Waals surface area contributed by atoms with Gasteiger partial charge in [0.25, 0.3) is 5.78 Å². The summed E-state index contributed by atoms with van der Waals surface area (Å²) in [6.07, 6.45) is 4.42. The molecule has 140 valence electrons. The second-order valence-electron chi connectivity index (χ2n) is 6.33. The van der Waals surface area contributed by atoms with Crippen LogP contribution in [0.15, 0.2) is 48.8 Å². The largest absolute Gasteiger partial charge is 0.490 e. The van der Waals surface area contributed by atoms with Crippen LogP contribution in [0.2, 0.25) is 0 Å². The summed E-state index contributed by atoms with van der Waals surface area (Å²) in [6, 6.07) is 9.15. The number of fused-ring (bicyclic) bond motifs is 1. The van der Waals surface area contributed by atoms with E-state index in [4.69, 9.17) is 4.74 Å². The molecule has 0 aliphatic carbocycles. The van der Waals surface area contributed by atoms with E-state index in [0.717, 1.165) is 0 Å². The molecule has 1 aromatic carbocycles. The van der Waals surface area contributed by atoms with Crippen molar-refractivity contribution in [1.82, 2.24) is 9.29 Å². The number of rotatable bonds is 5. The Kier molecular flexibility index (Phi) is 4.40. The highest BCUT2D eigenvalue weighted by Crippen LogP contribution is 2.34. The second kappa shape index (κ2) is 6.75. The monoisotopic (exact) mass is 387 g/mol. The lowest BCUT2D eigenvalue weighted by Gasteiger charge is -2.28. The van der Waals surface area contributed by atoms with Crippen LogP contribution in [-0.2, 0) is 15.0 Å². The predicted octanol–water partition coefficient (Wildman–Crippen LogP) is 1.40. The van der Waals surface area contributed by atoms with Crippen molar-refractivity contribution in [2.75, 3.05) is 17.5 Å². The summed E-state index contributed by atoms with van der Waals surface area (Å²) in [5.74, 6) is -1.31. The van der Waals surface area contributed by atoms with Gasteiger partial charge in [-0.1, -0.05) is 12.1 Å². The van der Waals surface area contributed by atoms with Crippen LogP contribution < -0.4 is 9.04 Å². The summed E-state index contributed by atoms with van der Waals surface area (Å²) in [7, 11) is -4.19. The van der Waals surface area contributed by atoms with Crippen LogP contribution in [-0.4, -0.2) is 48.6 Å². The topological polar surface area (TPSA) is 96.9 Å². The SMILES string of the molecule is O=C1C(=O)N(S(=O)(=O)N2CCC[C@H]2COc2cccnc2)c2ccccc21. The summed E-state index contributed by atoms with van der Waals surface area (Å²) in [6.45, 7) is 0.409. The number of ketones is 1. The quantitative estimate of drug-likeness (QED) is 0.720. The first-order valence-corrected chi connectivity index (χ1v) is 9.92. The Labute approximate surface area is 156 Å². The lowest BCUT2D eigenvalue weighted by molar-refractivity contribution is -0.113. The number of ether oxygens (including phenoxy) is 1. The van der Waals surface area contributed by atoms with Crippen LogP contribution >= 0.6 is 0 Å². The molecule has 2 aliphatic heterocycles. The fourth-order valence-electron chi connectivity index (χ4n) is 3.40. The van der Waals surface area contributed by atoms with Crippen LogP contribution in [0.25, 0.3) is 0 Å². The summed E-state index contributed by atoms with van der Waals surface area (Å²) in [5, 5.41) is 0. The fraction of sp³-hybridized carbons (Fsp3) is 0.278. The molecule has 0 bridgehead atoms. The Hall–Kier alpha value is -2.78. The minimum atomic E-state index is -4.19. The molecule has 4 rings (SSSR count). The van der Waals surface area contributed by atoms with Gasteiger partial charge in [-0.2, -0.15) is 17.0 Å². The lowest BCUT2D eigenvalue weighted by atomic mass is 10.1. The van der Waals surface area contributed by atoms with E-state index < -0.39 is 27.9 Å². The molecular formula is C18H17N3O5S. The number of aromatic nitrogens is 1. The number of anilines is 1. The van der Waals surface area contributed by atoms with Gasteiger partial charge >= 0.3 is 16.1 Å². The van der Waals surface area contributed by atoms with Crippen molar-refractivity contribution in [2.45, 2.75) is 18.9 Å². The Morgan fingerprint density at radius 3 is 2.74 bits per heavy atom. The highest BCUT2D eigenvalue weighted by molar-refractivity contribution is 7.91. The van der Waals surface area contributed by atoms with Crippen LogP contribution in [0.1, 0.15) is 23.2 Å². The van der Waals surface area contributed by atoms with Gasteiger partial charge in [-0.15, -0.1) is 0 Å². The molecule has 0 spiro atoms. The molecule has 1 fully saturated rings. The molecular weight excluding hydrogens is 370 g/mol. The van der Waals surface area contributed by atoms with Crippen molar-refractivity contribution in [2.24, 2.45) is 0 Å². The molecule has 0 radical (unpaired) electrons. The van der Waals surface area contributed by atoms with E-state index in [0.29, 0.717) is 22.9 Å². The van der Waals surface area contributed by atoms with Crippen molar-refractivity contribution in [3.05, 3.63) is 54.4 Å². The number of para-hydroxylation sites is 1. The molecule has 3 heterocycles. The van der Waals surface area contributed by atoms with Crippen molar-refractivity contribution in [3.63, 3.8) is 0 Å². The Morgan fingerprint density at radius 2 is 1.96 bits per heavy atom. The standard InChI is InChI=1S/C18H17N3O5S/c22-17-15-7-1-2-8-16(15)21(18(17)23)27(24,25)20-10-4-5-13(20)12-26-14-6-3-9-19-11-14/h1-3,6-9,11,13H,4-5,10,12H2/t13-/m0/s1. The first-order chi connectivity index (χ1) is 13.0. The van der Waals surface area contributed by atoms with Gasteiger partial charge in [-0.3, -0.25) is 14.6 Å². The van der Waals surface area contributed by atoms with Gasteiger partial charge < -0.3 is 4.74 Å². The van der Waals surface area contributed by atoms with Crippen LogP contribution in [0, 0.1) is 0 Å². The molecule has 0 N–H and O–H groups in total. The van der Waals surface area contributed by atoms with Gasteiger partial charge in [0, 0.05) is 12.7 Å². The number of Topliss-reactive ketones (excluding diaryl/α,β-unsaturated/α-hetero) is 1. The molecule has 9 heteroatoms. The molecule has 1 atom stereocenters. The van der Waals surface area contributed by atoms with E-state index in [2.05, 4.69) is 4.98 Å². The molecule has 2 aliphatic rings. The molecule has 1 saturated heterocycles. The van der Waals surface area contributed by atoms with Gasteiger partial charge in [0.1, 0.15) is 12.4 Å². The predicted molar refractivity (Wildman–Crippen MR) is 96.6 cm³/mol. The van der Waals surface area contributed by atoms with Gasteiger partial charge in [0.2, 0.25) is 0 Å². The number of benzene rings is 1. The third-order valence-corrected chi connectivity index (χ3v) is 6.57. The maximum Gasteiger partial charge on any atom is 0.314 e. The first kappa shape index (κ1) is 17.6. The molecule has 2 aromatic rings. The van der Waals surface area contributed by atoms with E-state index in [-0.39, 0.29) is 24.4 Å². The van der Waals surface area contributed by atoms with Gasteiger partial charge in [-0.25, -0.2) is 0 Å². The molecule has 8 nitrogen and oxygen atoms in total.